The number of ether oxygens (including phenoxy) is 1. The van der Waals surface area contributed by atoms with Gasteiger partial charge < -0.3 is 36.2 Å². The van der Waals surface area contributed by atoms with Crippen molar-refractivity contribution in [2.45, 2.75) is 30.6 Å². The molecule has 0 saturated carbocycles. The third kappa shape index (κ3) is 3.78. The number of nitrogens with two attached hydrogens (primary N) is 1. The maximum absolute atomic E-state index is 10.3. The van der Waals surface area contributed by atoms with Crippen molar-refractivity contribution in [2.75, 3.05) is 24.2 Å². The number of nitrogens with zero attached hydrogens (tertiary/aromatic N) is 4. The molecule has 0 radical (unpaired) electrons. The van der Waals surface area contributed by atoms with Crippen LogP contribution in [0.4, 0.5) is 11.8 Å². The number of fused-ring (bicyclic) bond motifs is 1. The van der Waals surface area contributed by atoms with E-state index in [0.29, 0.717) is 10.6 Å². The molecule has 1 aliphatic heterocycles. The third-order valence-electron chi connectivity index (χ3n) is 4.95. The lowest BCUT2D eigenvalue weighted by Gasteiger charge is -2.17. The van der Waals surface area contributed by atoms with Gasteiger partial charge in [-0.1, -0.05) is 23.7 Å². The molecule has 0 aliphatic carbocycles. The van der Waals surface area contributed by atoms with Crippen LogP contribution in [0.5, 0.6) is 0 Å². The van der Waals surface area contributed by atoms with Gasteiger partial charge in [0.05, 0.1) is 19.0 Å². The van der Waals surface area contributed by atoms with Crippen molar-refractivity contribution in [1.82, 2.24) is 19.5 Å². The fourth-order valence-electron chi connectivity index (χ4n) is 3.30. The van der Waals surface area contributed by atoms with Crippen LogP contribution in [0.15, 0.2) is 30.6 Å². The van der Waals surface area contributed by atoms with Crippen LogP contribution in [-0.4, -0.2) is 71.4 Å². The van der Waals surface area contributed by atoms with Crippen molar-refractivity contribution in [2.24, 2.45) is 0 Å². The number of aliphatic hydroxyl groups is 4. The summed E-state index contributed by atoms with van der Waals surface area (Å²) >= 11 is 5.86. The van der Waals surface area contributed by atoms with E-state index < -0.39 is 37.3 Å². The zero-order chi connectivity index (χ0) is 21.4. The van der Waals surface area contributed by atoms with Gasteiger partial charge in [0.25, 0.3) is 0 Å². The number of aromatic nitrogens is 4. The largest absolute Gasteiger partial charge is 0.394 e. The molecule has 0 bridgehead atoms. The summed E-state index contributed by atoms with van der Waals surface area (Å²) in [6, 6.07) is 6.79. The first kappa shape index (κ1) is 20.7. The lowest BCUT2D eigenvalue weighted by Crippen LogP contribution is -2.33. The van der Waals surface area contributed by atoms with Gasteiger partial charge in [-0.25, -0.2) is 4.98 Å². The quantitative estimate of drug-likeness (QED) is 0.304. The fourth-order valence-corrected chi connectivity index (χ4v) is 3.43. The standard InChI is InChI=1S/C18H21ClN6O5/c19-9-3-1-8(2-4-9)10(27)5-21-18-23-15(20)12-16(24-18)25(7-22-12)17-14(29)13(28)11(6-26)30-17/h1-4,7,10-11,13-14,17,26-29H,5-6H2,(H3,20,21,23,24)/t10?,11-,13-,14-,17-/m1/s1. The zero-order valence-electron chi connectivity index (χ0n) is 15.6. The first-order chi connectivity index (χ1) is 14.4. The predicted molar refractivity (Wildman–Crippen MR) is 108 cm³/mol. The van der Waals surface area contributed by atoms with E-state index in [9.17, 15) is 20.4 Å². The smallest absolute Gasteiger partial charge is 0.226 e. The molecule has 1 aliphatic rings. The van der Waals surface area contributed by atoms with Gasteiger partial charge >= 0.3 is 0 Å². The molecule has 5 atom stereocenters. The van der Waals surface area contributed by atoms with Gasteiger partial charge in [0.2, 0.25) is 5.95 Å². The maximum Gasteiger partial charge on any atom is 0.226 e. The molecule has 12 heteroatoms. The van der Waals surface area contributed by atoms with Crippen LogP contribution in [0.3, 0.4) is 0 Å². The summed E-state index contributed by atoms with van der Waals surface area (Å²) in [5, 5.41) is 43.4. The number of nitrogen functional groups attached to an aromatic ring is 1. The summed E-state index contributed by atoms with van der Waals surface area (Å²) in [4.78, 5) is 12.7. The van der Waals surface area contributed by atoms with Gasteiger partial charge in [-0.2, -0.15) is 9.97 Å². The number of hydrogen-bond donors (Lipinski definition) is 6. The van der Waals surface area contributed by atoms with E-state index in [-0.39, 0.29) is 29.5 Å². The first-order valence-electron chi connectivity index (χ1n) is 9.19. The van der Waals surface area contributed by atoms with Crippen LogP contribution in [0.25, 0.3) is 11.2 Å². The van der Waals surface area contributed by atoms with E-state index >= 15 is 0 Å². The minimum atomic E-state index is -1.29. The van der Waals surface area contributed by atoms with E-state index in [0.717, 1.165) is 0 Å². The van der Waals surface area contributed by atoms with Gasteiger partial charge in [0, 0.05) is 11.6 Å². The zero-order valence-corrected chi connectivity index (χ0v) is 16.4. The van der Waals surface area contributed by atoms with Crippen molar-refractivity contribution in [3.8, 4) is 0 Å². The van der Waals surface area contributed by atoms with Crippen molar-refractivity contribution in [3.05, 3.63) is 41.2 Å². The summed E-state index contributed by atoms with van der Waals surface area (Å²) in [6.07, 6.45) is -3.98. The van der Waals surface area contributed by atoms with Gasteiger partial charge in [-0.05, 0) is 17.7 Å². The summed E-state index contributed by atoms with van der Waals surface area (Å²) in [5.41, 5.74) is 7.20. The van der Waals surface area contributed by atoms with Gasteiger partial charge in [0.1, 0.15) is 23.8 Å². The van der Waals surface area contributed by atoms with Crippen LogP contribution in [0, 0.1) is 0 Å². The lowest BCUT2D eigenvalue weighted by atomic mass is 10.1. The molecular weight excluding hydrogens is 416 g/mol. The second-order valence-electron chi connectivity index (χ2n) is 6.93. The number of halogens is 1. The van der Waals surface area contributed by atoms with Crippen molar-refractivity contribution >= 4 is 34.5 Å². The number of aliphatic hydroxyl groups excluding tert-OH is 4. The molecule has 0 spiro atoms. The highest BCUT2D eigenvalue weighted by atomic mass is 35.5. The molecule has 2 aromatic heterocycles. The second kappa shape index (κ2) is 8.30. The van der Waals surface area contributed by atoms with E-state index in [1.54, 1.807) is 24.3 Å². The molecule has 3 aromatic rings. The van der Waals surface area contributed by atoms with Gasteiger partial charge in [-0.15, -0.1) is 0 Å². The van der Waals surface area contributed by atoms with Crippen molar-refractivity contribution in [1.29, 1.82) is 0 Å². The molecule has 30 heavy (non-hydrogen) atoms. The highest BCUT2D eigenvalue weighted by molar-refractivity contribution is 6.30. The molecule has 1 fully saturated rings. The summed E-state index contributed by atoms with van der Waals surface area (Å²) in [5.74, 6) is 0.232. The number of anilines is 2. The van der Waals surface area contributed by atoms with Crippen molar-refractivity contribution < 1.29 is 25.2 Å². The Morgan fingerprint density at radius 2 is 1.93 bits per heavy atom. The molecule has 1 aromatic carbocycles. The molecule has 0 amide bonds. The van der Waals surface area contributed by atoms with Gasteiger partial charge in [-0.3, -0.25) is 4.57 Å². The monoisotopic (exact) mass is 436 g/mol. The highest BCUT2D eigenvalue weighted by Crippen LogP contribution is 2.32. The Morgan fingerprint density at radius 3 is 2.60 bits per heavy atom. The molecule has 3 heterocycles. The molecule has 4 rings (SSSR count). The highest BCUT2D eigenvalue weighted by Gasteiger charge is 2.44. The number of benzene rings is 1. The Kier molecular flexibility index (Phi) is 5.73. The SMILES string of the molecule is Nc1nc(NCC(O)c2ccc(Cl)cc2)nc2c1ncn2[C@@H]1O[C@H](CO)[C@@H](O)[C@H]1O. The van der Waals surface area contributed by atoms with E-state index in [2.05, 4.69) is 20.3 Å². The lowest BCUT2D eigenvalue weighted by molar-refractivity contribution is -0.0511. The van der Waals surface area contributed by atoms with Crippen LogP contribution >= 0.6 is 11.6 Å². The van der Waals surface area contributed by atoms with E-state index in [1.165, 1.54) is 10.9 Å². The van der Waals surface area contributed by atoms with Crippen LogP contribution < -0.4 is 11.1 Å². The molecule has 1 saturated heterocycles. The molecule has 160 valence electrons. The third-order valence-corrected chi connectivity index (χ3v) is 5.20. The Morgan fingerprint density at radius 1 is 1.20 bits per heavy atom. The minimum absolute atomic E-state index is 0.0916. The summed E-state index contributed by atoms with van der Waals surface area (Å²) in [6.45, 7) is -0.345. The summed E-state index contributed by atoms with van der Waals surface area (Å²) < 4.78 is 6.95. The molecule has 1 unspecified atom stereocenters. The van der Waals surface area contributed by atoms with E-state index in [1.807, 2.05) is 0 Å². The first-order valence-corrected chi connectivity index (χ1v) is 9.56. The molecule has 11 nitrogen and oxygen atoms in total. The number of rotatable bonds is 6. The molecular formula is C18H21ClN6O5. The van der Waals surface area contributed by atoms with E-state index in [4.69, 9.17) is 22.1 Å². The van der Waals surface area contributed by atoms with Crippen LogP contribution in [0.1, 0.15) is 17.9 Å². The minimum Gasteiger partial charge on any atom is -0.394 e. The van der Waals surface area contributed by atoms with Gasteiger partial charge in [0.15, 0.2) is 17.7 Å². The number of imidazole rings is 1. The Hall–Kier alpha value is -2.54. The normalized spacial score (nSPS) is 25.0. The Balaban J connectivity index is 1.57. The van der Waals surface area contributed by atoms with Crippen LogP contribution in [-0.2, 0) is 4.74 Å². The summed E-state index contributed by atoms with van der Waals surface area (Å²) in [7, 11) is 0. The van der Waals surface area contributed by atoms with Crippen molar-refractivity contribution in [3.63, 3.8) is 0 Å². The number of nitrogens with one attached hydrogen (secondary N) is 1. The second-order valence-corrected chi connectivity index (χ2v) is 7.37. The fraction of sp³-hybridized carbons (Fsp3) is 0.389. The number of hydrogen-bond acceptors (Lipinski definition) is 10. The predicted octanol–water partition coefficient (Wildman–Crippen LogP) is -0.181. The Bertz CT molecular complexity index is 1030. The average Bonchev–Trinajstić information content (AvgIpc) is 3.28. The maximum atomic E-state index is 10.3. The van der Waals surface area contributed by atoms with Crippen LogP contribution in [0.2, 0.25) is 5.02 Å². The molecule has 7 N–H and O–H groups in total. The average molecular weight is 437 g/mol. The Labute approximate surface area is 175 Å². The topological polar surface area (TPSA) is 172 Å².